The van der Waals surface area contributed by atoms with Gasteiger partial charge in [-0.2, -0.15) is 5.10 Å². The fraction of sp³-hybridized carbons (Fsp3) is 0.286. The van der Waals surface area contributed by atoms with Gasteiger partial charge >= 0.3 is 0 Å². The van der Waals surface area contributed by atoms with Gasteiger partial charge in [-0.1, -0.05) is 17.7 Å². The van der Waals surface area contributed by atoms with Gasteiger partial charge in [0.05, 0.1) is 16.3 Å². The van der Waals surface area contributed by atoms with Gasteiger partial charge in [0, 0.05) is 12.2 Å². The number of rotatable bonds is 5. The maximum Gasteiger partial charge on any atom is 0.155 e. The van der Waals surface area contributed by atoms with Crippen molar-refractivity contribution in [1.29, 1.82) is 0 Å². The lowest BCUT2D eigenvalue weighted by Crippen LogP contribution is -2.04. The van der Waals surface area contributed by atoms with Crippen LogP contribution >= 0.6 is 11.6 Å². The highest BCUT2D eigenvalue weighted by Gasteiger charge is 2.08. The highest BCUT2D eigenvalue weighted by Crippen LogP contribution is 2.25. The van der Waals surface area contributed by atoms with Gasteiger partial charge < -0.3 is 4.74 Å². The molecule has 4 nitrogen and oxygen atoms in total. The number of hydrogen-bond acceptors (Lipinski definition) is 3. The summed E-state index contributed by atoms with van der Waals surface area (Å²) in [6, 6.07) is 7.33. The van der Waals surface area contributed by atoms with Crippen LogP contribution < -0.4 is 4.74 Å². The maximum atomic E-state index is 11.0. The van der Waals surface area contributed by atoms with Crippen LogP contribution in [0.1, 0.15) is 35.9 Å². The molecule has 2 aromatic rings. The van der Waals surface area contributed by atoms with E-state index in [1.807, 2.05) is 16.9 Å². The van der Waals surface area contributed by atoms with Crippen molar-refractivity contribution >= 4 is 17.9 Å². The summed E-state index contributed by atoms with van der Waals surface area (Å²) >= 11 is 5.93. The first-order chi connectivity index (χ1) is 9.11. The van der Waals surface area contributed by atoms with Crippen LogP contribution in [0.25, 0.3) is 0 Å². The quantitative estimate of drug-likeness (QED) is 0.786. The van der Waals surface area contributed by atoms with Gasteiger partial charge in [0.2, 0.25) is 0 Å². The highest BCUT2D eigenvalue weighted by molar-refractivity contribution is 6.33. The third-order valence-corrected chi connectivity index (χ3v) is 3.03. The zero-order chi connectivity index (χ0) is 13.8. The molecule has 0 amide bonds. The minimum Gasteiger partial charge on any atom is -0.486 e. The molecule has 1 aromatic heterocycles. The Kier molecular flexibility index (Phi) is 4.22. The number of carbonyl (C=O) groups excluding carboxylic acids is 1. The molecule has 0 atom stereocenters. The predicted octanol–water partition coefficient (Wildman–Crippen LogP) is 3.51. The lowest BCUT2D eigenvalue weighted by Gasteiger charge is -2.08. The van der Waals surface area contributed by atoms with Crippen LogP contribution in [0.2, 0.25) is 5.02 Å². The van der Waals surface area contributed by atoms with E-state index in [1.54, 1.807) is 18.2 Å². The van der Waals surface area contributed by atoms with Gasteiger partial charge in [0.1, 0.15) is 12.4 Å². The van der Waals surface area contributed by atoms with Crippen LogP contribution in [0.15, 0.2) is 30.5 Å². The molecule has 2 rings (SSSR count). The fourth-order valence-electron chi connectivity index (χ4n) is 1.65. The first-order valence-corrected chi connectivity index (χ1v) is 6.40. The Morgan fingerprint density at radius 3 is 2.84 bits per heavy atom. The number of aldehydes is 1. The van der Waals surface area contributed by atoms with Crippen LogP contribution in [-0.2, 0) is 6.61 Å². The van der Waals surface area contributed by atoms with E-state index in [-0.39, 0.29) is 0 Å². The van der Waals surface area contributed by atoms with E-state index >= 15 is 0 Å². The summed E-state index contributed by atoms with van der Waals surface area (Å²) in [6.45, 7) is 4.42. The molecular formula is C14H15ClN2O2. The SMILES string of the molecule is CC(C)n1ccc(COc2cccc(Cl)c2C=O)n1. The summed E-state index contributed by atoms with van der Waals surface area (Å²) in [4.78, 5) is 11.0. The number of ether oxygens (including phenoxy) is 1. The summed E-state index contributed by atoms with van der Waals surface area (Å²) in [5, 5.41) is 4.76. The van der Waals surface area contributed by atoms with Crippen LogP contribution in [0, 0.1) is 0 Å². The summed E-state index contributed by atoms with van der Waals surface area (Å²) in [5.41, 5.74) is 1.18. The molecule has 100 valence electrons. The van der Waals surface area contributed by atoms with Crippen molar-refractivity contribution in [2.45, 2.75) is 26.5 Å². The number of hydrogen-bond donors (Lipinski definition) is 0. The van der Waals surface area contributed by atoms with E-state index in [2.05, 4.69) is 18.9 Å². The van der Waals surface area contributed by atoms with Crippen LogP contribution in [0.3, 0.4) is 0 Å². The second-order valence-corrected chi connectivity index (χ2v) is 4.85. The van der Waals surface area contributed by atoms with Gasteiger partial charge in [-0.15, -0.1) is 0 Å². The zero-order valence-corrected chi connectivity index (χ0v) is 11.6. The summed E-state index contributed by atoms with van der Waals surface area (Å²) in [5.74, 6) is 0.474. The zero-order valence-electron chi connectivity index (χ0n) is 10.8. The monoisotopic (exact) mass is 278 g/mol. The Balaban J connectivity index is 2.10. The molecule has 0 aliphatic rings. The van der Waals surface area contributed by atoms with Crippen LogP contribution in [-0.4, -0.2) is 16.1 Å². The maximum absolute atomic E-state index is 11.0. The predicted molar refractivity (Wildman–Crippen MR) is 73.8 cm³/mol. The van der Waals surface area contributed by atoms with E-state index in [1.165, 1.54) is 0 Å². The van der Waals surface area contributed by atoms with E-state index in [9.17, 15) is 4.79 Å². The largest absolute Gasteiger partial charge is 0.486 e. The molecule has 0 saturated heterocycles. The summed E-state index contributed by atoms with van der Waals surface area (Å²) in [6.07, 6.45) is 2.60. The summed E-state index contributed by atoms with van der Waals surface area (Å²) < 4.78 is 7.45. The Hall–Kier alpha value is -1.81. The highest BCUT2D eigenvalue weighted by atomic mass is 35.5. The first-order valence-electron chi connectivity index (χ1n) is 6.02. The van der Waals surface area contributed by atoms with Gasteiger partial charge in [-0.25, -0.2) is 0 Å². The molecule has 0 spiro atoms. The van der Waals surface area contributed by atoms with Crippen molar-refractivity contribution in [1.82, 2.24) is 9.78 Å². The fourth-order valence-corrected chi connectivity index (χ4v) is 1.86. The van der Waals surface area contributed by atoms with Gasteiger partial charge in [0.25, 0.3) is 0 Å². The minimum atomic E-state index is 0.306. The second-order valence-electron chi connectivity index (χ2n) is 4.44. The molecule has 19 heavy (non-hydrogen) atoms. The molecule has 0 bridgehead atoms. The number of benzene rings is 1. The Labute approximate surface area is 116 Å². The molecule has 1 heterocycles. The van der Waals surface area contributed by atoms with Crippen molar-refractivity contribution in [3.05, 3.63) is 46.7 Å². The smallest absolute Gasteiger partial charge is 0.155 e. The first kappa shape index (κ1) is 13.6. The van der Waals surface area contributed by atoms with Gasteiger partial charge in [-0.05, 0) is 32.0 Å². The van der Waals surface area contributed by atoms with Gasteiger partial charge in [-0.3, -0.25) is 9.48 Å². The average Bonchev–Trinajstić information content (AvgIpc) is 2.85. The van der Waals surface area contributed by atoms with Crippen LogP contribution in [0.5, 0.6) is 5.75 Å². The molecule has 0 N–H and O–H groups in total. The number of halogens is 1. The third kappa shape index (κ3) is 3.15. The molecule has 0 saturated carbocycles. The normalized spacial score (nSPS) is 10.7. The molecule has 0 aliphatic carbocycles. The second kappa shape index (κ2) is 5.89. The van der Waals surface area contributed by atoms with Crippen molar-refractivity contribution in [3.8, 4) is 5.75 Å². The third-order valence-electron chi connectivity index (χ3n) is 2.70. The summed E-state index contributed by atoms with van der Waals surface area (Å²) in [7, 11) is 0. The Morgan fingerprint density at radius 2 is 2.21 bits per heavy atom. The number of aromatic nitrogens is 2. The molecule has 0 unspecified atom stereocenters. The topological polar surface area (TPSA) is 44.1 Å². The van der Waals surface area contributed by atoms with Crippen molar-refractivity contribution < 1.29 is 9.53 Å². The van der Waals surface area contributed by atoms with E-state index in [0.717, 1.165) is 5.69 Å². The average molecular weight is 279 g/mol. The molecule has 5 heteroatoms. The lowest BCUT2D eigenvalue weighted by atomic mass is 10.2. The molecular weight excluding hydrogens is 264 g/mol. The molecule has 1 aromatic carbocycles. The van der Waals surface area contributed by atoms with Crippen molar-refractivity contribution in [2.75, 3.05) is 0 Å². The standard InChI is InChI=1S/C14H15ClN2O2/c1-10(2)17-7-6-11(16-17)9-19-14-5-3-4-13(15)12(14)8-18/h3-8,10H,9H2,1-2H3. The van der Waals surface area contributed by atoms with Gasteiger partial charge in [0.15, 0.2) is 6.29 Å². The van der Waals surface area contributed by atoms with Crippen molar-refractivity contribution in [3.63, 3.8) is 0 Å². The van der Waals surface area contributed by atoms with Crippen LogP contribution in [0.4, 0.5) is 0 Å². The number of nitrogens with zero attached hydrogens (tertiary/aromatic N) is 2. The number of carbonyl (C=O) groups is 1. The Bertz CT molecular complexity index is 579. The lowest BCUT2D eigenvalue weighted by molar-refractivity contribution is 0.111. The van der Waals surface area contributed by atoms with E-state index < -0.39 is 0 Å². The van der Waals surface area contributed by atoms with Crippen molar-refractivity contribution in [2.24, 2.45) is 0 Å². The van der Waals surface area contributed by atoms with E-state index in [0.29, 0.717) is 35.3 Å². The molecule has 0 fully saturated rings. The molecule has 0 radical (unpaired) electrons. The minimum absolute atomic E-state index is 0.306. The Morgan fingerprint density at radius 1 is 1.42 bits per heavy atom. The molecule has 0 aliphatic heterocycles. The van der Waals surface area contributed by atoms with E-state index in [4.69, 9.17) is 16.3 Å².